The molecule has 0 rings (SSSR count). The van der Waals surface area contributed by atoms with Crippen molar-refractivity contribution < 1.29 is 19.4 Å². The van der Waals surface area contributed by atoms with Crippen LogP contribution >= 0.6 is 0 Å². The molecule has 1 atom stereocenters. The van der Waals surface area contributed by atoms with Gasteiger partial charge in [0.1, 0.15) is 12.6 Å². The van der Waals surface area contributed by atoms with Crippen LogP contribution in [0.15, 0.2) is 0 Å². The summed E-state index contributed by atoms with van der Waals surface area (Å²) >= 11 is 0. The summed E-state index contributed by atoms with van der Waals surface area (Å²) in [5.74, 6) is -1.54. The number of carbonyl (C=O) groups excluding carboxylic acids is 1. The van der Waals surface area contributed by atoms with Gasteiger partial charge in [0.15, 0.2) is 0 Å². The van der Waals surface area contributed by atoms with Gasteiger partial charge in [0.25, 0.3) is 0 Å². The van der Waals surface area contributed by atoms with Gasteiger partial charge in [-0.05, 0) is 6.42 Å². The third-order valence-electron chi connectivity index (χ3n) is 1.73. The van der Waals surface area contributed by atoms with Crippen LogP contribution < -0.4 is 5.73 Å². The van der Waals surface area contributed by atoms with E-state index in [4.69, 9.17) is 10.8 Å². The largest absolute Gasteiger partial charge is 0.480 e. The highest BCUT2D eigenvalue weighted by Gasteiger charge is 2.13. The molecule has 0 aromatic heterocycles. The number of esters is 1. The molecule has 0 amide bonds. The van der Waals surface area contributed by atoms with Gasteiger partial charge in [-0.15, -0.1) is 0 Å². The van der Waals surface area contributed by atoms with Gasteiger partial charge in [-0.2, -0.15) is 0 Å². The Labute approximate surface area is 83.2 Å². The minimum Gasteiger partial charge on any atom is -0.480 e. The van der Waals surface area contributed by atoms with Crippen molar-refractivity contribution >= 4 is 11.9 Å². The zero-order valence-corrected chi connectivity index (χ0v) is 8.36. The van der Waals surface area contributed by atoms with E-state index in [-0.39, 0.29) is 12.6 Å². The minimum absolute atomic E-state index is 0.250. The third-order valence-corrected chi connectivity index (χ3v) is 1.73. The van der Waals surface area contributed by atoms with Gasteiger partial charge in [0.05, 0.1) is 0 Å². The second kappa shape index (κ2) is 7.32. The van der Waals surface area contributed by atoms with Crippen LogP contribution in [0.4, 0.5) is 0 Å². The summed E-state index contributed by atoms with van der Waals surface area (Å²) in [6, 6.07) is -1.12. The molecule has 14 heavy (non-hydrogen) atoms. The topological polar surface area (TPSA) is 89.6 Å². The lowest BCUT2D eigenvalue weighted by Gasteiger charge is -2.07. The maximum Gasteiger partial charge on any atom is 0.324 e. The normalized spacial score (nSPS) is 12.1. The number of carbonyl (C=O) groups is 2. The number of unbranched alkanes of at least 4 members (excludes halogenated alkanes) is 2. The lowest BCUT2D eigenvalue weighted by atomic mass is 10.2. The van der Waals surface area contributed by atoms with Crippen molar-refractivity contribution in [2.75, 3.05) is 6.61 Å². The van der Waals surface area contributed by atoms with Gasteiger partial charge in [-0.25, -0.2) is 0 Å². The van der Waals surface area contributed by atoms with E-state index in [0.29, 0.717) is 6.42 Å². The van der Waals surface area contributed by atoms with Gasteiger partial charge in [-0.1, -0.05) is 19.8 Å². The second-order valence-corrected chi connectivity index (χ2v) is 3.08. The number of hydrogen-bond donors (Lipinski definition) is 2. The zero-order chi connectivity index (χ0) is 11.0. The first-order valence-electron chi connectivity index (χ1n) is 4.72. The molecule has 0 unspecified atom stereocenters. The van der Waals surface area contributed by atoms with Crippen molar-refractivity contribution in [2.24, 2.45) is 5.73 Å². The average Bonchev–Trinajstić information content (AvgIpc) is 2.14. The van der Waals surface area contributed by atoms with E-state index < -0.39 is 12.0 Å². The molecular formula is C9H17NO4. The van der Waals surface area contributed by atoms with Crippen molar-refractivity contribution in [1.82, 2.24) is 0 Å². The Balaban J connectivity index is 3.48. The quantitative estimate of drug-likeness (QED) is 0.465. The van der Waals surface area contributed by atoms with Gasteiger partial charge < -0.3 is 15.6 Å². The van der Waals surface area contributed by atoms with Crippen LogP contribution in [0.1, 0.15) is 32.6 Å². The van der Waals surface area contributed by atoms with Gasteiger partial charge >= 0.3 is 11.9 Å². The number of aliphatic carboxylic acids is 1. The van der Waals surface area contributed by atoms with E-state index in [1.807, 2.05) is 6.92 Å². The predicted octanol–water partition coefficient (Wildman–Crippen LogP) is 0.522. The van der Waals surface area contributed by atoms with E-state index >= 15 is 0 Å². The summed E-state index contributed by atoms with van der Waals surface area (Å²) in [5, 5.41) is 8.39. The second-order valence-electron chi connectivity index (χ2n) is 3.08. The summed E-state index contributed by atoms with van der Waals surface area (Å²) in [6.07, 6.45) is 3.11. The molecular weight excluding hydrogens is 186 g/mol. The lowest BCUT2D eigenvalue weighted by Crippen LogP contribution is -2.35. The minimum atomic E-state index is -1.16. The smallest absolute Gasteiger partial charge is 0.324 e. The fraction of sp³-hybridized carbons (Fsp3) is 0.778. The maximum absolute atomic E-state index is 11.0. The molecule has 0 saturated heterocycles. The highest BCUT2D eigenvalue weighted by Crippen LogP contribution is 2.00. The van der Waals surface area contributed by atoms with Gasteiger partial charge in [0, 0.05) is 6.42 Å². The summed E-state index contributed by atoms with van der Waals surface area (Å²) < 4.78 is 4.67. The Kier molecular flexibility index (Phi) is 6.74. The molecule has 0 aromatic rings. The van der Waals surface area contributed by atoms with Crippen LogP contribution in [0.25, 0.3) is 0 Å². The van der Waals surface area contributed by atoms with Crippen LogP contribution in [0.3, 0.4) is 0 Å². The summed E-state index contributed by atoms with van der Waals surface area (Å²) in [6.45, 7) is 1.78. The van der Waals surface area contributed by atoms with E-state index in [1.54, 1.807) is 0 Å². The number of nitrogens with two attached hydrogens (primary N) is 1. The van der Waals surface area contributed by atoms with Crippen LogP contribution in [-0.2, 0) is 14.3 Å². The Bertz CT molecular complexity index is 193. The highest BCUT2D eigenvalue weighted by atomic mass is 16.5. The summed E-state index contributed by atoms with van der Waals surface area (Å²) in [7, 11) is 0. The molecule has 0 spiro atoms. The molecule has 0 aromatic carbocycles. The molecule has 0 bridgehead atoms. The van der Waals surface area contributed by atoms with Gasteiger partial charge in [-0.3, -0.25) is 9.59 Å². The number of carboxylic acids is 1. The number of ether oxygens (including phenoxy) is 1. The monoisotopic (exact) mass is 203 g/mol. The molecule has 0 fully saturated rings. The van der Waals surface area contributed by atoms with Crippen molar-refractivity contribution in [3.63, 3.8) is 0 Å². The molecule has 0 heterocycles. The lowest BCUT2D eigenvalue weighted by molar-refractivity contribution is -0.147. The maximum atomic E-state index is 11.0. The fourth-order valence-electron chi connectivity index (χ4n) is 0.846. The standard InChI is InChI=1S/C9H17NO4/c1-2-3-4-5-8(11)14-6-7(10)9(12)13/h7H,2-6,10H2,1H3,(H,12,13)/t7-/m0/s1. The summed E-state index contributed by atoms with van der Waals surface area (Å²) in [4.78, 5) is 21.2. The SMILES string of the molecule is CCCCCC(=O)OC[C@H](N)C(=O)O. The van der Waals surface area contributed by atoms with Gasteiger partial charge in [0.2, 0.25) is 0 Å². The Hall–Kier alpha value is -1.10. The van der Waals surface area contributed by atoms with Crippen molar-refractivity contribution in [3.8, 4) is 0 Å². The predicted molar refractivity (Wildman–Crippen MR) is 50.7 cm³/mol. The molecule has 0 aliphatic heterocycles. The molecule has 3 N–H and O–H groups in total. The van der Waals surface area contributed by atoms with Crippen molar-refractivity contribution in [2.45, 2.75) is 38.6 Å². The van der Waals surface area contributed by atoms with Crippen LogP contribution in [-0.4, -0.2) is 29.7 Å². The van der Waals surface area contributed by atoms with Crippen molar-refractivity contribution in [3.05, 3.63) is 0 Å². The Morgan fingerprint density at radius 3 is 2.57 bits per heavy atom. The Morgan fingerprint density at radius 1 is 1.43 bits per heavy atom. The van der Waals surface area contributed by atoms with E-state index in [0.717, 1.165) is 19.3 Å². The molecule has 0 radical (unpaired) electrons. The number of rotatable bonds is 7. The molecule has 5 heteroatoms. The summed E-state index contributed by atoms with van der Waals surface area (Å²) in [5.41, 5.74) is 5.14. The average molecular weight is 203 g/mol. The Morgan fingerprint density at radius 2 is 2.07 bits per heavy atom. The van der Waals surface area contributed by atoms with Crippen LogP contribution in [0, 0.1) is 0 Å². The van der Waals surface area contributed by atoms with E-state index in [9.17, 15) is 9.59 Å². The molecule has 0 saturated carbocycles. The first kappa shape index (κ1) is 12.9. The van der Waals surface area contributed by atoms with Crippen LogP contribution in [0.2, 0.25) is 0 Å². The van der Waals surface area contributed by atoms with E-state index in [1.165, 1.54) is 0 Å². The third kappa shape index (κ3) is 6.42. The number of hydrogen-bond acceptors (Lipinski definition) is 4. The van der Waals surface area contributed by atoms with Crippen LogP contribution in [0.5, 0.6) is 0 Å². The molecule has 82 valence electrons. The molecule has 0 aliphatic rings. The zero-order valence-electron chi connectivity index (χ0n) is 8.36. The fourth-order valence-corrected chi connectivity index (χ4v) is 0.846. The first-order valence-corrected chi connectivity index (χ1v) is 4.72. The highest BCUT2D eigenvalue weighted by molar-refractivity contribution is 5.74. The molecule has 5 nitrogen and oxygen atoms in total. The van der Waals surface area contributed by atoms with E-state index in [2.05, 4.69) is 4.74 Å². The number of carboxylic acid groups (broad SMARTS) is 1. The molecule has 0 aliphatic carbocycles. The van der Waals surface area contributed by atoms with Crippen molar-refractivity contribution in [1.29, 1.82) is 0 Å². The first-order chi connectivity index (χ1) is 6.57.